The molecule has 0 unspecified atom stereocenters. The van der Waals surface area contributed by atoms with E-state index in [-0.39, 0.29) is 11.2 Å². The van der Waals surface area contributed by atoms with E-state index in [1.54, 1.807) is 0 Å². The molecule has 0 aliphatic heterocycles. The minimum absolute atomic E-state index is 0.0257. The maximum absolute atomic E-state index is 12.8. The summed E-state index contributed by atoms with van der Waals surface area (Å²) in [6.45, 7) is 6.20. The number of aromatic nitrogens is 1. The number of hydrogen-bond donors (Lipinski definition) is 0. The predicted molar refractivity (Wildman–Crippen MR) is 47.5 cm³/mol. The molecule has 1 aromatic heterocycles. The average Bonchev–Trinajstić information content (AvgIpc) is 2.05. The Morgan fingerprint density at radius 3 is 2.67 bits per heavy atom. The molecule has 0 aromatic carbocycles. The van der Waals surface area contributed by atoms with E-state index in [1.165, 1.54) is 18.3 Å². The molecule has 0 saturated carbocycles. The van der Waals surface area contributed by atoms with Gasteiger partial charge in [0.2, 0.25) is 0 Å². The highest BCUT2D eigenvalue weighted by molar-refractivity contribution is 5.15. The Bertz CT molecular complexity index is 268. The molecule has 1 rings (SSSR count). The standard InChI is InChI=1S/C10H14FN/c1-4-10(2,3)9-7-8(11)5-6-12-9/h5-7H,4H2,1-3H3. The molecule has 1 aromatic rings. The monoisotopic (exact) mass is 167 g/mol. The van der Waals surface area contributed by atoms with E-state index in [2.05, 4.69) is 25.8 Å². The molecule has 0 radical (unpaired) electrons. The van der Waals surface area contributed by atoms with Crippen LogP contribution in [0.3, 0.4) is 0 Å². The average molecular weight is 167 g/mol. The van der Waals surface area contributed by atoms with E-state index in [1.807, 2.05) is 0 Å². The summed E-state index contributed by atoms with van der Waals surface area (Å²) in [4.78, 5) is 4.14. The molecule has 0 atom stereocenters. The van der Waals surface area contributed by atoms with Gasteiger partial charge in [0.25, 0.3) is 0 Å². The molecule has 0 bridgehead atoms. The van der Waals surface area contributed by atoms with Gasteiger partial charge in [-0.25, -0.2) is 4.39 Å². The van der Waals surface area contributed by atoms with Crippen molar-refractivity contribution in [1.82, 2.24) is 4.98 Å². The van der Waals surface area contributed by atoms with Crippen LogP contribution in [0.5, 0.6) is 0 Å². The first kappa shape index (κ1) is 9.17. The van der Waals surface area contributed by atoms with Crippen LogP contribution >= 0.6 is 0 Å². The molecular weight excluding hydrogens is 153 g/mol. The normalized spacial score (nSPS) is 11.7. The molecule has 0 saturated heterocycles. The van der Waals surface area contributed by atoms with Crippen molar-refractivity contribution < 1.29 is 4.39 Å². The van der Waals surface area contributed by atoms with Crippen molar-refractivity contribution in [3.63, 3.8) is 0 Å². The summed E-state index contributed by atoms with van der Waals surface area (Å²) < 4.78 is 12.8. The van der Waals surface area contributed by atoms with E-state index in [4.69, 9.17) is 0 Å². The zero-order chi connectivity index (χ0) is 9.19. The summed E-state index contributed by atoms with van der Waals surface area (Å²) in [5.74, 6) is -0.207. The lowest BCUT2D eigenvalue weighted by Gasteiger charge is -2.21. The lowest BCUT2D eigenvalue weighted by atomic mass is 9.86. The number of nitrogens with zero attached hydrogens (tertiary/aromatic N) is 1. The fourth-order valence-electron chi connectivity index (χ4n) is 0.956. The highest BCUT2D eigenvalue weighted by atomic mass is 19.1. The van der Waals surface area contributed by atoms with Crippen LogP contribution in [-0.2, 0) is 5.41 Å². The highest BCUT2D eigenvalue weighted by Gasteiger charge is 2.19. The van der Waals surface area contributed by atoms with Crippen molar-refractivity contribution in [2.75, 3.05) is 0 Å². The fourth-order valence-corrected chi connectivity index (χ4v) is 0.956. The first-order chi connectivity index (χ1) is 5.56. The van der Waals surface area contributed by atoms with Gasteiger partial charge in [0.15, 0.2) is 0 Å². The van der Waals surface area contributed by atoms with Gasteiger partial charge in [-0.3, -0.25) is 4.98 Å². The van der Waals surface area contributed by atoms with Crippen LogP contribution in [0.4, 0.5) is 4.39 Å². The molecule has 0 fully saturated rings. The Morgan fingerprint density at radius 1 is 1.50 bits per heavy atom. The summed E-state index contributed by atoms with van der Waals surface area (Å²) in [7, 11) is 0. The van der Waals surface area contributed by atoms with Crippen molar-refractivity contribution in [2.24, 2.45) is 0 Å². The molecular formula is C10H14FN. The third-order valence-electron chi connectivity index (χ3n) is 2.30. The highest BCUT2D eigenvalue weighted by Crippen LogP contribution is 2.24. The lowest BCUT2D eigenvalue weighted by molar-refractivity contribution is 0.484. The Kier molecular flexibility index (Phi) is 2.46. The zero-order valence-electron chi connectivity index (χ0n) is 7.76. The fraction of sp³-hybridized carbons (Fsp3) is 0.500. The lowest BCUT2D eigenvalue weighted by Crippen LogP contribution is -2.17. The van der Waals surface area contributed by atoms with E-state index in [9.17, 15) is 4.39 Å². The predicted octanol–water partition coefficient (Wildman–Crippen LogP) is 2.91. The largest absolute Gasteiger partial charge is 0.261 e. The van der Waals surface area contributed by atoms with Crippen LogP contribution in [-0.4, -0.2) is 4.98 Å². The molecule has 0 amide bonds. The molecule has 0 spiro atoms. The third-order valence-corrected chi connectivity index (χ3v) is 2.30. The second-order valence-electron chi connectivity index (χ2n) is 3.60. The number of rotatable bonds is 2. The van der Waals surface area contributed by atoms with Gasteiger partial charge in [-0.2, -0.15) is 0 Å². The summed E-state index contributed by atoms with van der Waals surface area (Å²) in [6, 6.07) is 2.87. The number of hydrogen-bond acceptors (Lipinski definition) is 1. The van der Waals surface area contributed by atoms with Gasteiger partial charge in [-0.1, -0.05) is 20.8 Å². The van der Waals surface area contributed by atoms with Crippen LogP contribution in [0.15, 0.2) is 18.3 Å². The van der Waals surface area contributed by atoms with Gasteiger partial charge in [-0.05, 0) is 18.6 Å². The van der Waals surface area contributed by atoms with Crippen molar-refractivity contribution in [1.29, 1.82) is 0 Å². The molecule has 1 nitrogen and oxygen atoms in total. The van der Waals surface area contributed by atoms with Crippen LogP contribution in [0.2, 0.25) is 0 Å². The Morgan fingerprint density at radius 2 is 2.17 bits per heavy atom. The summed E-state index contributed by atoms with van der Waals surface area (Å²) in [6.07, 6.45) is 2.48. The zero-order valence-corrected chi connectivity index (χ0v) is 7.76. The van der Waals surface area contributed by atoms with Gasteiger partial charge in [0, 0.05) is 17.3 Å². The van der Waals surface area contributed by atoms with Crippen LogP contribution in [0, 0.1) is 5.82 Å². The van der Waals surface area contributed by atoms with Crippen LogP contribution < -0.4 is 0 Å². The summed E-state index contributed by atoms with van der Waals surface area (Å²) in [5, 5.41) is 0. The van der Waals surface area contributed by atoms with Gasteiger partial charge in [-0.15, -0.1) is 0 Å². The minimum Gasteiger partial charge on any atom is -0.261 e. The van der Waals surface area contributed by atoms with E-state index in [0.29, 0.717) is 0 Å². The quantitative estimate of drug-likeness (QED) is 0.660. The Balaban J connectivity index is 3.03. The summed E-state index contributed by atoms with van der Waals surface area (Å²) >= 11 is 0. The maximum atomic E-state index is 12.8. The molecule has 2 heteroatoms. The minimum atomic E-state index is -0.207. The van der Waals surface area contributed by atoms with E-state index >= 15 is 0 Å². The molecule has 1 heterocycles. The van der Waals surface area contributed by atoms with Gasteiger partial charge in [0.05, 0.1) is 0 Å². The third kappa shape index (κ3) is 1.81. The number of halogens is 1. The molecule has 0 aliphatic carbocycles. The topological polar surface area (TPSA) is 12.9 Å². The van der Waals surface area contributed by atoms with E-state index in [0.717, 1.165) is 12.1 Å². The van der Waals surface area contributed by atoms with Crippen LogP contribution in [0.25, 0.3) is 0 Å². The Labute approximate surface area is 72.6 Å². The van der Waals surface area contributed by atoms with Crippen molar-refractivity contribution in [3.05, 3.63) is 29.8 Å². The maximum Gasteiger partial charge on any atom is 0.126 e. The van der Waals surface area contributed by atoms with Gasteiger partial charge < -0.3 is 0 Å². The van der Waals surface area contributed by atoms with Gasteiger partial charge >= 0.3 is 0 Å². The first-order valence-electron chi connectivity index (χ1n) is 4.18. The molecule has 12 heavy (non-hydrogen) atoms. The van der Waals surface area contributed by atoms with Crippen LogP contribution in [0.1, 0.15) is 32.9 Å². The number of pyridine rings is 1. The Hall–Kier alpha value is -0.920. The second-order valence-corrected chi connectivity index (χ2v) is 3.60. The molecule has 0 aliphatic rings. The SMILES string of the molecule is CCC(C)(C)c1cc(F)ccn1. The smallest absolute Gasteiger partial charge is 0.126 e. The van der Waals surface area contributed by atoms with Crippen molar-refractivity contribution in [3.8, 4) is 0 Å². The van der Waals surface area contributed by atoms with E-state index < -0.39 is 0 Å². The summed E-state index contributed by atoms with van der Waals surface area (Å²) in [5.41, 5.74) is 0.798. The second kappa shape index (κ2) is 3.21. The molecule has 0 N–H and O–H groups in total. The van der Waals surface area contributed by atoms with Gasteiger partial charge in [0.1, 0.15) is 5.82 Å². The van der Waals surface area contributed by atoms with Crippen molar-refractivity contribution in [2.45, 2.75) is 32.6 Å². The molecule has 66 valence electrons. The first-order valence-corrected chi connectivity index (χ1v) is 4.18. The van der Waals surface area contributed by atoms with Crippen molar-refractivity contribution >= 4 is 0 Å².